The van der Waals surface area contributed by atoms with Gasteiger partial charge in [-0.05, 0) is 48.5 Å². The van der Waals surface area contributed by atoms with Crippen molar-refractivity contribution in [1.29, 1.82) is 0 Å². The van der Waals surface area contributed by atoms with Crippen LogP contribution in [0.5, 0.6) is 0 Å². The first-order valence-corrected chi connectivity index (χ1v) is 8.02. The molecule has 0 aromatic heterocycles. The zero-order valence-electron chi connectivity index (χ0n) is 13.1. The quantitative estimate of drug-likeness (QED) is 0.792. The van der Waals surface area contributed by atoms with E-state index in [0.29, 0.717) is 5.69 Å². The van der Waals surface area contributed by atoms with Crippen molar-refractivity contribution < 1.29 is 14.0 Å². The van der Waals surface area contributed by atoms with Crippen LogP contribution in [0.2, 0.25) is 0 Å². The van der Waals surface area contributed by atoms with Crippen molar-refractivity contribution in [2.24, 2.45) is 0 Å². The molecule has 24 heavy (non-hydrogen) atoms. The van der Waals surface area contributed by atoms with E-state index >= 15 is 0 Å². The fraction of sp³-hybridized carbons (Fsp3) is 0.176. The van der Waals surface area contributed by atoms with E-state index in [-0.39, 0.29) is 30.7 Å². The number of hydrogen-bond donors (Lipinski definition) is 2. The molecular formula is C17H17BrFN3O2. The SMILES string of the molecule is CN(CC(=O)Nc1ccc(F)cc1)C(=O)CNc1ccc(Br)cc1. The average Bonchev–Trinajstić information content (AvgIpc) is 2.56. The van der Waals surface area contributed by atoms with Crippen LogP contribution < -0.4 is 10.6 Å². The molecule has 0 saturated heterocycles. The van der Waals surface area contributed by atoms with Crippen molar-refractivity contribution in [2.75, 3.05) is 30.8 Å². The summed E-state index contributed by atoms with van der Waals surface area (Å²) in [6, 6.07) is 12.9. The van der Waals surface area contributed by atoms with Crippen LogP contribution in [-0.2, 0) is 9.59 Å². The molecule has 0 bridgehead atoms. The Bertz CT molecular complexity index is 705. The van der Waals surface area contributed by atoms with Gasteiger partial charge in [0.05, 0.1) is 13.1 Å². The zero-order valence-corrected chi connectivity index (χ0v) is 14.6. The smallest absolute Gasteiger partial charge is 0.243 e. The van der Waals surface area contributed by atoms with Crippen molar-refractivity contribution in [3.63, 3.8) is 0 Å². The number of carbonyl (C=O) groups excluding carboxylic acids is 2. The predicted molar refractivity (Wildman–Crippen MR) is 95.3 cm³/mol. The van der Waals surface area contributed by atoms with Gasteiger partial charge in [0.25, 0.3) is 0 Å². The lowest BCUT2D eigenvalue weighted by Crippen LogP contribution is -2.38. The minimum Gasteiger partial charge on any atom is -0.376 e. The number of benzene rings is 2. The molecule has 0 radical (unpaired) electrons. The van der Waals surface area contributed by atoms with Crippen LogP contribution in [0, 0.1) is 5.82 Å². The Labute approximate surface area is 148 Å². The van der Waals surface area contributed by atoms with E-state index < -0.39 is 0 Å². The molecule has 0 saturated carbocycles. The molecule has 7 heteroatoms. The van der Waals surface area contributed by atoms with Gasteiger partial charge in [-0.3, -0.25) is 9.59 Å². The van der Waals surface area contributed by atoms with Gasteiger partial charge in [0.1, 0.15) is 5.82 Å². The van der Waals surface area contributed by atoms with Gasteiger partial charge in [0.15, 0.2) is 0 Å². The molecule has 2 amide bonds. The Morgan fingerprint density at radius 3 is 2.25 bits per heavy atom. The molecule has 0 unspecified atom stereocenters. The molecule has 0 aliphatic heterocycles. The van der Waals surface area contributed by atoms with Gasteiger partial charge in [-0.1, -0.05) is 15.9 Å². The van der Waals surface area contributed by atoms with Crippen molar-refractivity contribution in [3.8, 4) is 0 Å². The Kier molecular flexibility index (Phi) is 6.31. The average molecular weight is 394 g/mol. The molecule has 0 atom stereocenters. The molecule has 2 aromatic rings. The van der Waals surface area contributed by atoms with Gasteiger partial charge in [-0.2, -0.15) is 0 Å². The number of likely N-dealkylation sites (N-methyl/N-ethyl adjacent to an activating group) is 1. The number of hydrogen-bond acceptors (Lipinski definition) is 3. The van der Waals surface area contributed by atoms with Crippen molar-refractivity contribution >= 4 is 39.1 Å². The lowest BCUT2D eigenvalue weighted by atomic mass is 10.3. The Balaban J connectivity index is 1.78. The first-order chi connectivity index (χ1) is 11.4. The molecule has 0 heterocycles. The summed E-state index contributed by atoms with van der Waals surface area (Å²) >= 11 is 3.34. The molecule has 2 N–H and O–H groups in total. The van der Waals surface area contributed by atoms with Crippen LogP contribution in [0.25, 0.3) is 0 Å². The van der Waals surface area contributed by atoms with Crippen molar-refractivity contribution in [2.45, 2.75) is 0 Å². The summed E-state index contributed by atoms with van der Waals surface area (Å²) in [6.45, 7) is 0.000187. The van der Waals surface area contributed by atoms with Crippen LogP contribution in [0.3, 0.4) is 0 Å². The molecule has 5 nitrogen and oxygen atoms in total. The van der Waals surface area contributed by atoms with E-state index in [2.05, 4.69) is 26.6 Å². The number of amides is 2. The lowest BCUT2D eigenvalue weighted by molar-refractivity contribution is -0.131. The molecule has 2 rings (SSSR count). The van der Waals surface area contributed by atoms with E-state index in [9.17, 15) is 14.0 Å². The molecule has 0 aliphatic carbocycles. The normalized spacial score (nSPS) is 10.1. The summed E-state index contributed by atoms with van der Waals surface area (Å²) in [6.07, 6.45) is 0. The third kappa shape index (κ3) is 5.66. The highest BCUT2D eigenvalue weighted by molar-refractivity contribution is 9.10. The number of nitrogens with one attached hydrogen (secondary N) is 2. The number of anilines is 2. The van der Waals surface area contributed by atoms with Gasteiger partial charge in [0, 0.05) is 22.9 Å². The monoisotopic (exact) mass is 393 g/mol. The number of halogens is 2. The first-order valence-electron chi connectivity index (χ1n) is 7.23. The molecule has 126 valence electrons. The Morgan fingerprint density at radius 1 is 1.04 bits per heavy atom. The lowest BCUT2D eigenvalue weighted by Gasteiger charge is -2.17. The summed E-state index contributed by atoms with van der Waals surface area (Å²) in [7, 11) is 1.55. The Hall–Kier alpha value is -2.41. The highest BCUT2D eigenvalue weighted by Gasteiger charge is 2.13. The maximum Gasteiger partial charge on any atom is 0.243 e. The van der Waals surface area contributed by atoms with E-state index in [1.807, 2.05) is 24.3 Å². The van der Waals surface area contributed by atoms with Gasteiger partial charge >= 0.3 is 0 Å². The predicted octanol–water partition coefficient (Wildman–Crippen LogP) is 3.10. The molecule has 0 aliphatic rings. The van der Waals surface area contributed by atoms with Crippen LogP contribution in [0.4, 0.5) is 15.8 Å². The molecule has 0 spiro atoms. The fourth-order valence-electron chi connectivity index (χ4n) is 1.92. The van der Waals surface area contributed by atoms with E-state index in [0.717, 1.165) is 10.2 Å². The fourth-order valence-corrected chi connectivity index (χ4v) is 2.18. The zero-order chi connectivity index (χ0) is 17.5. The number of rotatable bonds is 6. The minimum atomic E-state index is -0.376. The Morgan fingerprint density at radius 2 is 1.62 bits per heavy atom. The highest BCUT2D eigenvalue weighted by Crippen LogP contribution is 2.13. The molecule has 0 fully saturated rings. The van der Waals surface area contributed by atoms with Gasteiger partial charge in [-0.15, -0.1) is 0 Å². The van der Waals surface area contributed by atoms with Gasteiger partial charge in [-0.25, -0.2) is 4.39 Å². The topological polar surface area (TPSA) is 61.4 Å². The van der Waals surface area contributed by atoms with Crippen LogP contribution >= 0.6 is 15.9 Å². The second kappa shape index (κ2) is 8.44. The third-order valence-corrected chi connectivity index (χ3v) is 3.75. The largest absolute Gasteiger partial charge is 0.376 e. The number of nitrogens with zero attached hydrogens (tertiary/aromatic N) is 1. The molecular weight excluding hydrogens is 377 g/mol. The van der Waals surface area contributed by atoms with E-state index in [1.165, 1.54) is 29.2 Å². The third-order valence-electron chi connectivity index (χ3n) is 3.22. The maximum atomic E-state index is 12.8. The first kappa shape index (κ1) is 17.9. The van der Waals surface area contributed by atoms with Crippen LogP contribution in [-0.4, -0.2) is 36.9 Å². The van der Waals surface area contributed by atoms with Crippen LogP contribution in [0.1, 0.15) is 0 Å². The summed E-state index contributed by atoms with van der Waals surface area (Å²) in [5.41, 5.74) is 1.30. The molecule has 2 aromatic carbocycles. The minimum absolute atomic E-state index is 0.0851. The summed E-state index contributed by atoms with van der Waals surface area (Å²) < 4.78 is 13.8. The second-order valence-corrected chi connectivity index (χ2v) is 6.08. The van der Waals surface area contributed by atoms with Gasteiger partial charge in [0.2, 0.25) is 11.8 Å². The summed E-state index contributed by atoms with van der Waals surface area (Å²) in [5, 5.41) is 5.61. The number of carbonyl (C=O) groups is 2. The van der Waals surface area contributed by atoms with E-state index in [4.69, 9.17) is 0 Å². The summed E-state index contributed by atoms with van der Waals surface area (Å²) in [5.74, 6) is -0.937. The van der Waals surface area contributed by atoms with Crippen molar-refractivity contribution in [1.82, 2.24) is 4.90 Å². The summed E-state index contributed by atoms with van der Waals surface area (Å²) in [4.78, 5) is 25.3. The van der Waals surface area contributed by atoms with Gasteiger partial charge < -0.3 is 15.5 Å². The second-order valence-electron chi connectivity index (χ2n) is 5.17. The van der Waals surface area contributed by atoms with E-state index in [1.54, 1.807) is 7.05 Å². The highest BCUT2D eigenvalue weighted by atomic mass is 79.9. The van der Waals surface area contributed by atoms with Crippen LogP contribution in [0.15, 0.2) is 53.0 Å². The maximum absolute atomic E-state index is 12.8. The van der Waals surface area contributed by atoms with Crippen molar-refractivity contribution in [3.05, 3.63) is 58.8 Å². The standard InChI is InChI=1S/C17H17BrFN3O2/c1-22(11-16(23)21-15-8-4-13(19)5-9-15)17(24)10-20-14-6-2-12(18)3-7-14/h2-9,20H,10-11H2,1H3,(H,21,23).